The second-order valence-electron chi connectivity index (χ2n) is 6.66. The van der Waals surface area contributed by atoms with Crippen molar-refractivity contribution in [3.63, 3.8) is 0 Å². The number of carbonyl (C=O) groups is 2. The van der Waals surface area contributed by atoms with Gasteiger partial charge in [-0.1, -0.05) is 30.3 Å². The lowest BCUT2D eigenvalue weighted by molar-refractivity contribution is 0.0601. The number of nitrogens with zero attached hydrogens (tertiary/aromatic N) is 1. The second-order valence-corrected chi connectivity index (χ2v) is 6.66. The van der Waals surface area contributed by atoms with Gasteiger partial charge in [-0.2, -0.15) is 0 Å². The van der Waals surface area contributed by atoms with Crippen LogP contribution in [0.15, 0.2) is 42.5 Å². The summed E-state index contributed by atoms with van der Waals surface area (Å²) in [7, 11) is 1.57. The van der Waals surface area contributed by atoms with Gasteiger partial charge in [-0.15, -0.1) is 0 Å². The number of carbonyl (C=O) groups excluding carboxylic acids is 2. The molecule has 0 unspecified atom stereocenters. The summed E-state index contributed by atoms with van der Waals surface area (Å²) in [6.07, 6.45) is 2.90. The van der Waals surface area contributed by atoms with Gasteiger partial charge in [0, 0.05) is 44.4 Å². The summed E-state index contributed by atoms with van der Waals surface area (Å²) in [6.45, 7) is 1.44. The Morgan fingerprint density at radius 2 is 1.88 bits per heavy atom. The summed E-state index contributed by atoms with van der Waals surface area (Å²) in [4.78, 5) is 29.3. The summed E-state index contributed by atoms with van der Waals surface area (Å²) in [5.41, 5.74) is 2.68. The van der Waals surface area contributed by atoms with E-state index in [4.69, 9.17) is 4.74 Å². The van der Waals surface area contributed by atoms with E-state index in [0.717, 1.165) is 37.3 Å². The molecule has 2 heterocycles. The average molecular weight is 352 g/mol. The smallest absolute Gasteiger partial charge is 0.269 e. The molecule has 3 rings (SSSR count). The highest BCUT2D eigenvalue weighted by molar-refractivity contribution is 5.99. The first-order valence-corrected chi connectivity index (χ1v) is 9.03. The minimum absolute atomic E-state index is 0.0683. The number of ether oxygens (including phenoxy) is 1. The van der Waals surface area contributed by atoms with Crippen molar-refractivity contribution in [2.75, 3.05) is 20.3 Å². The van der Waals surface area contributed by atoms with Crippen LogP contribution in [0.3, 0.4) is 0 Å². The summed E-state index contributed by atoms with van der Waals surface area (Å²) >= 11 is 0. The standard InChI is InChI=1S/C21H24N2O3/c1-22-21(25)19-14-17(20(24)12-16-7-9-26-10-8-16)13-18(23-19)11-15-5-3-2-4-6-15/h2-6,13-14,16H,7-12H2,1H3,(H,22,25). The van der Waals surface area contributed by atoms with Crippen molar-refractivity contribution in [2.45, 2.75) is 25.7 Å². The van der Waals surface area contributed by atoms with Crippen molar-refractivity contribution in [1.82, 2.24) is 10.3 Å². The zero-order valence-electron chi connectivity index (χ0n) is 15.0. The lowest BCUT2D eigenvalue weighted by Gasteiger charge is -2.21. The van der Waals surface area contributed by atoms with Gasteiger partial charge in [0.05, 0.1) is 0 Å². The molecule has 0 radical (unpaired) electrons. The highest BCUT2D eigenvalue weighted by Crippen LogP contribution is 2.22. The summed E-state index contributed by atoms with van der Waals surface area (Å²) in [5, 5.41) is 2.59. The predicted molar refractivity (Wildman–Crippen MR) is 99.4 cm³/mol. The van der Waals surface area contributed by atoms with E-state index in [1.807, 2.05) is 36.4 Å². The summed E-state index contributed by atoms with van der Waals surface area (Å²) < 4.78 is 5.36. The summed E-state index contributed by atoms with van der Waals surface area (Å²) in [5.74, 6) is 0.143. The molecule has 1 aromatic heterocycles. The zero-order chi connectivity index (χ0) is 18.4. The third-order valence-corrected chi connectivity index (χ3v) is 4.70. The van der Waals surface area contributed by atoms with Crippen molar-refractivity contribution in [1.29, 1.82) is 0 Å². The molecule has 26 heavy (non-hydrogen) atoms. The molecule has 1 fully saturated rings. The van der Waals surface area contributed by atoms with Crippen molar-refractivity contribution < 1.29 is 14.3 Å². The van der Waals surface area contributed by atoms with Crippen LogP contribution in [0.4, 0.5) is 0 Å². The van der Waals surface area contributed by atoms with Gasteiger partial charge in [-0.05, 0) is 36.5 Å². The number of amides is 1. The zero-order valence-corrected chi connectivity index (χ0v) is 15.0. The first kappa shape index (κ1) is 18.3. The fourth-order valence-corrected chi connectivity index (χ4v) is 3.22. The Balaban J connectivity index is 1.84. The first-order valence-electron chi connectivity index (χ1n) is 9.03. The van der Waals surface area contributed by atoms with Crippen LogP contribution in [-0.2, 0) is 11.2 Å². The lowest BCUT2D eigenvalue weighted by atomic mass is 9.91. The van der Waals surface area contributed by atoms with Gasteiger partial charge < -0.3 is 10.1 Å². The minimum Gasteiger partial charge on any atom is -0.381 e. The number of nitrogens with one attached hydrogen (secondary N) is 1. The van der Waals surface area contributed by atoms with Gasteiger partial charge in [0.15, 0.2) is 5.78 Å². The van der Waals surface area contributed by atoms with Crippen LogP contribution in [0.5, 0.6) is 0 Å². The molecule has 0 atom stereocenters. The van der Waals surface area contributed by atoms with Crippen molar-refractivity contribution in [3.8, 4) is 0 Å². The molecule has 5 nitrogen and oxygen atoms in total. The fourth-order valence-electron chi connectivity index (χ4n) is 3.22. The molecule has 1 amide bonds. The third-order valence-electron chi connectivity index (χ3n) is 4.70. The highest BCUT2D eigenvalue weighted by atomic mass is 16.5. The molecular formula is C21H24N2O3. The van der Waals surface area contributed by atoms with E-state index in [0.29, 0.717) is 24.3 Å². The Labute approximate surface area is 153 Å². The molecule has 0 aliphatic carbocycles. The number of hydrogen-bond donors (Lipinski definition) is 1. The molecule has 0 bridgehead atoms. The van der Waals surface area contributed by atoms with E-state index >= 15 is 0 Å². The number of aromatic nitrogens is 1. The van der Waals surface area contributed by atoms with Crippen LogP contribution in [0.25, 0.3) is 0 Å². The Kier molecular flexibility index (Phi) is 6.12. The molecule has 2 aromatic rings. The van der Waals surface area contributed by atoms with Crippen molar-refractivity contribution in [2.24, 2.45) is 5.92 Å². The van der Waals surface area contributed by atoms with Crippen LogP contribution in [-0.4, -0.2) is 36.9 Å². The van der Waals surface area contributed by atoms with Crippen LogP contribution in [0, 0.1) is 5.92 Å². The van der Waals surface area contributed by atoms with E-state index in [9.17, 15) is 9.59 Å². The maximum atomic E-state index is 12.8. The highest BCUT2D eigenvalue weighted by Gasteiger charge is 2.20. The monoisotopic (exact) mass is 352 g/mol. The van der Waals surface area contributed by atoms with Gasteiger partial charge in [0.25, 0.3) is 5.91 Å². The summed E-state index contributed by atoms with van der Waals surface area (Å²) in [6, 6.07) is 13.3. The molecular weight excluding hydrogens is 328 g/mol. The maximum absolute atomic E-state index is 12.8. The lowest BCUT2D eigenvalue weighted by Crippen LogP contribution is -2.22. The van der Waals surface area contributed by atoms with Crippen LogP contribution >= 0.6 is 0 Å². The first-order chi connectivity index (χ1) is 12.7. The van der Waals surface area contributed by atoms with Crippen LogP contribution in [0.2, 0.25) is 0 Å². The topological polar surface area (TPSA) is 68.3 Å². The number of pyridine rings is 1. The van der Waals surface area contributed by atoms with Gasteiger partial charge in [-0.25, -0.2) is 4.98 Å². The van der Waals surface area contributed by atoms with Crippen LogP contribution in [0.1, 0.15) is 51.4 Å². The average Bonchev–Trinajstić information content (AvgIpc) is 2.68. The molecule has 1 aliphatic rings. The van der Waals surface area contributed by atoms with Crippen molar-refractivity contribution >= 4 is 11.7 Å². The predicted octanol–water partition coefficient (Wildman–Crippen LogP) is 3.03. The minimum atomic E-state index is -0.278. The second kappa shape index (κ2) is 8.72. The van der Waals surface area contributed by atoms with Crippen LogP contribution < -0.4 is 5.32 Å². The quantitative estimate of drug-likeness (QED) is 0.812. The number of ketones is 1. The number of benzene rings is 1. The van der Waals surface area contributed by atoms with E-state index in [-0.39, 0.29) is 17.4 Å². The van der Waals surface area contributed by atoms with E-state index in [1.54, 1.807) is 13.1 Å². The molecule has 136 valence electrons. The molecule has 5 heteroatoms. The van der Waals surface area contributed by atoms with E-state index < -0.39 is 0 Å². The number of rotatable bonds is 6. The Hall–Kier alpha value is -2.53. The fraction of sp³-hybridized carbons (Fsp3) is 0.381. The van der Waals surface area contributed by atoms with Gasteiger partial charge in [0.1, 0.15) is 5.69 Å². The normalized spacial score (nSPS) is 14.8. The number of Topliss-reactive ketones (excluding diaryl/α,β-unsaturated/α-hetero) is 1. The van der Waals surface area contributed by atoms with E-state index in [1.165, 1.54) is 0 Å². The van der Waals surface area contributed by atoms with Gasteiger partial charge in [-0.3, -0.25) is 9.59 Å². The molecule has 0 saturated carbocycles. The Morgan fingerprint density at radius 3 is 2.58 bits per heavy atom. The SMILES string of the molecule is CNC(=O)c1cc(C(=O)CC2CCOCC2)cc(Cc2ccccc2)n1. The maximum Gasteiger partial charge on any atom is 0.269 e. The molecule has 1 aromatic carbocycles. The molecule has 1 N–H and O–H groups in total. The number of hydrogen-bond acceptors (Lipinski definition) is 4. The van der Waals surface area contributed by atoms with Gasteiger partial charge >= 0.3 is 0 Å². The Bertz CT molecular complexity index is 768. The van der Waals surface area contributed by atoms with Gasteiger partial charge in [0.2, 0.25) is 0 Å². The molecule has 0 spiro atoms. The molecule has 1 saturated heterocycles. The third kappa shape index (κ3) is 4.76. The molecule has 1 aliphatic heterocycles. The van der Waals surface area contributed by atoms with Crippen molar-refractivity contribution in [3.05, 3.63) is 65.0 Å². The van der Waals surface area contributed by atoms with E-state index in [2.05, 4.69) is 10.3 Å². The largest absolute Gasteiger partial charge is 0.381 e. The Morgan fingerprint density at radius 1 is 1.15 bits per heavy atom.